The molecule has 5 rings (SSSR count). The molecule has 156 valence electrons. The van der Waals surface area contributed by atoms with E-state index in [1.807, 2.05) is 60.9 Å². The molecule has 0 atom stereocenters. The Kier molecular flexibility index (Phi) is 5.69. The first-order chi connectivity index (χ1) is 15.3. The molecule has 5 nitrogen and oxygen atoms in total. The molecule has 0 saturated carbocycles. The second-order valence-corrected chi connectivity index (χ2v) is 8.18. The van der Waals surface area contributed by atoms with Crippen LogP contribution in [0.1, 0.15) is 11.3 Å². The van der Waals surface area contributed by atoms with Crippen LogP contribution in [0.15, 0.2) is 84.1 Å². The van der Waals surface area contributed by atoms with E-state index in [1.54, 1.807) is 0 Å². The second-order valence-electron chi connectivity index (χ2n) is 7.74. The summed E-state index contributed by atoms with van der Waals surface area (Å²) < 4.78 is 2.10. The molecule has 0 unspecified atom stereocenters. The lowest BCUT2D eigenvalue weighted by Gasteiger charge is -2.33. The van der Waals surface area contributed by atoms with Crippen LogP contribution in [0.4, 0.5) is 0 Å². The van der Waals surface area contributed by atoms with E-state index in [9.17, 15) is 0 Å². The Labute approximate surface area is 187 Å². The Morgan fingerprint density at radius 1 is 0.871 bits per heavy atom. The number of hydrogen-bond acceptors (Lipinski definition) is 4. The molecule has 1 saturated heterocycles. The molecule has 0 amide bonds. The minimum absolute atomic E-state index is 0.783. The molecule has 0 aliphatic carbocycles. The topological polar surface area (TPSA) is 36.1 Å². The summed E-state index contributed by atoms with van der Waals surface area (Å²) in [6, 6.07) is 24.5. The van der Waals surface area contributed by atoms with Gasteiger partial charge in [-0.3, -0.25) is 14.3 Å². The molecule has 6 heteroatoms. The smallest absolute Gasteiger partial charge is 0.137 e. The maximum absolute atomic E-state index is 5.99. The summed E-state index contributed by atoms with van der Waals surface area (Å²) in [5.74, 6) is 0. The second kappa shape index (κ2) is 8.92. The van der Waals surface area contributed by atoms with Gasteiger partial charge in [0.2, 0.25) is 0 Å². The first kappa shape index (κ1) is 19.8. The number of benzene rings is 2. The van der Waals surface area contributed by atoms with Gasteiger partial charge in [-0.25, -0.2) is 4.98 Å². The predicted molar refractivity (Wildman–Crippen MR) is 127 cm³/mol. The maximum atomic E-state index is 5.99. The van der Waals surface area contributed by atoms with Crippen molar-refractivity contribution in [1.29, 1.82) is 0 Å². The molecule has 1 aliphatic heterocycles. The lowest BCUT2D eigenvalue weighted by molar-refractivity contribution is 0.131. The highest BCUT2D eigenvalue weighted by Crippen LogP contribution is 2.23. The van der Waals surface area contributed by atoms with Gasteiger partial charge >= 0.3 is 0 Å². The minimum Gasteiger partial charge on any atom is -0.298 e. The van der Waals surface area contributed by atoms with Crippen molar-refractivity contribution in [2.75, 3.05) is 26.2 Å². The molecule has 1 aliphatic rings. The van der Waals surface area contributed by atoms with Crippen LogP contribution in [0.5, 0.6) is 0 Å². The van der Waals surface area contributed by atoms with Crippen molar-refractivity contribution in [3.8, 4) is 11.3 Å². The summed E-state index contributed by atoms with van der Waals surface area (Å²) in [7, 11) is 0. The molecule has 31 heavy (non-hydrogen) atoms. The summed E-state index contributed by atoms with van der Waals surface area (Å²) in [5, 5.41) is 7.75. The van der Waals surface area contributed by atoms with Crippen LogP contribution in [0, 0.1) is 0 Å². The van der Waals surface area contributed by atoms with Gasteiger partial charge in [-0.1, -0.05) is 60.1 Å². The Bertz CT molecular complexity index is 1180. The van der Waals surface area contributed by atoms with Gasteiger partial charge in [0, 0.05) is 49.5 Å². The molecular weight excluding hydrogens is 406 g/mol. The molecule has 0 spiro atoms. The monoisotopic (exact) mass is 429 g/mol. The molecule has 2 aromatic carbocycles. The number of hydrazone groups is 1. The number of hydrogen-bond donors (Lipinski definition) is 0. The molecule has 4 aromatic rings. The van der Waals surface area contributed by atoms with E-state index in [0.717, 1.165) is 60.3 Å². The van der Waals surface area contributed by atoms with Gasteiger partial charge in [-0.05, 0) is 29.8 Å². The Hall–Kier alpha value is -3.15. The zero-order valence-electron chi connectivity index (χ0n) is 17.2. The molecule has 0 bridgehead atoms. The average molecular weight is 430 g/mol. The van der Waals surface area contributed by atoms with Crippen LogP contribution in [-0.2, 0) is 6.54 Å². The highest BCUT2D eigenvalue weighted by molar-refractivity contribution is 6.30. The Balaban J connectivity index is 1.30. The minimum atomic E-state index is 0.783. The van der Waals surface area contributed by atoms with Crippen molar-refractivity contribution < 1.29 is 0 Å². The van der Waals surface area contributed by atoms with E-state index in [0.29, 0.717) is 0 Å². The third-order valence-electron chi connectivity index (χ3n) is 5.63. The van der Waals surface area contributed by atoms with Crippen LogP contribution < -0.4 is 0 Å². The fourth-order valence-corrected chi connectivity index (χ4v) is 4.07. The highest BCUT2D eigenvalue weighted by Gasteiger charge is 2.17. The van der Waals surface area contributed by atoms with Gasteiger partial charge in [0.05, 0.1) is 17.6 Å². The summed E-state index contributed by atoms with van der Waals surface area (Å²) in [6.45, 7) is 4.72. The molecule has 1 fully saturated rings. The summed E-state index contributed by atoms with van der Waals surface area (Å²) >= 11 is 5.99. The first-order valence-corrected chi connectivity index (χ1v) is 10.9. The fraction of sp³-hybridized carbons (Fsp3) is 0.200. The largest absolute Gasteiger partial charge is 0.298 e. The van der Waals surface area contributed by atoms with Gasteiger partial charge in [0.1, 0.15) is 5.65 Å². The third-order valence-corrected chi connectivity index (χ3v) is 5.88. The van der Waals surface area contributed by atoms with Gasteiger partial charge in [-0.15, -0.1) is 0 Å². The molecule has 0 N–H and O–H groups in total. The summed E-state index contributed by atoms with van der Waals surface area (Å²) in [6.07, 6.45) is 4.00. The van der Waals surface area contributed by atoms with E-state index in [1.165, 1.54) is 5.56 Å². The zero-order chi connectivity index (χ0) is 21.0. The molecular formula is C25H24ClN5. The average Bonchev–Trinajstić information content (AvgIpc) is 3.19. The number of aromatic nitrogens is 2. The van der Waals surface area contributed by atoms with E-state index in [4.69, 9.17) is 21.7 Å². The molecule has 3 heterocycles. The van der Waals surface area contributed by atoms with Crippen LogP contribution in [0.25, 0.3) is 16.9 Å². The van der Waals surface area contributed by atoms with Crippen molar-refractivity contribution in [3.05, 3.63) is 95.3 Å². The quantitative estimate of drug-likeness (QED) is 0.427. The van der Waals surface area contributed by atoms with Crippen molar-refractivity contribution in [2.45, 2.75) is 6.54 Å². The van der Waals surface area contributed by atoms with Gasteiger partial charge < -0.3 is 0 Å². The standard InChI is InChI=1S/C25H24ClN5/c26-22-11-9-20(10-12-22)19-29-14-16-30(17-15-29)27-18-23-25(21-6-2-1-3-7-21)28-24-8-4-5-13-31(23)24/h1-13,18H,14-17,19H2/b27-18+. The van der Waals surface area contributed by atoms with Gasteiger partial charge in [0.25, 0.3) is 0 Å². The normalized spacial score (nSPS) is 15.2. The highest BCUT2D eigenvalue weighted by atomic mass is 35.5. The number of halogens is 1. The molecule has 0 radical (unpaired) electrons. The van der Waals surface area contributed by atoms with Crippen LogP contribution >= 0.6 is 11.6 Å². The van der Waals surface area contributed by atoms with Crippen molar-refractivity contribution in [3.63, 3.8) is 0 Å². The van der Waals surface area contributed by atoms with Crippen LogP contribution in [0.2, 0.25) is 5.02 Å². The maximum Gasteiger partial charge on any atom is 0.137 e. The first-order valence-electron chi connectivity index (χ1n) is 10.5. The van der Waals surface area contributed by atoms with E-state index < -0.39 is 0 Å². The summed E-state index contributed by atoms with van der Waals surface area (Å²) in [5.41, 5.74) is 5.28. The lowest BCUT2D eigenvalue weighted by Crippen LogP contribution is -2.43. The third kappa shape index (κ3) is 4.48. The van der Waals surface area contributed by atoms with Crippen molar-refractivity contribution in [1.82, 2.24) is 19.3 Å². The van der Waals surface area contributed by atoms with E-state index in [-0.39, 0.29) is 0 Å². The number of rotatable bonds is 5. The number of pyridine rings is 1. The number of fused-ring (bicyclic) bond motifs is 1. The number of imidazole rings is 1. The zero-order valence-corrected chi connectivity index (χ0v) is 18.0. The Morgan fingerprint density at radius 3 is 2.39 bits per heavy atom. The predicted octanol–water partition coefficient (Wildman–Crippen LogP) is 4.81. The number of piperazine rings is 1. The summed E-state index contributed by atoms with van der Waals surface area (Å²) in [4.78, 5) is 7.30. The molecule has 2 aromatic heterocycles. The van der Waals surface area contributed by atoms with E-state index >= 15 is 0 Å². The van der Waals surface area contributed by atoms with Crippen LogP contribution in [-0.4, -0.2) is 51.7 Å². The Morgan fingerprint density at radius 2 is 1.61 bits per heavy atom. The fourth-order valence-electron chi connectivity index (χ4n) is 3.94. The SMILES string of the molecule is Clc1ccc(CN2CCN(/N=C/c3c(-c4ccccc4)nc4ccccn34)CC2)cc1. The van der Waals surface area contributed by atoms with E-state index in [2.05, 4.69) is 38.6 Å². The van der Waals surface area contributed by atoms with Gasteiger partial charge in [-0.2, -0.15) is 5.10 Å². The van der Waals surface area contributed by atoms with Gasteiger partial charge in [0.15, 0.2) is 0 Å². The van der Waals surface area contributed by atoms with Crippen molar-refractivity contribution >= 4 is 23.5 Å². The number of nitrogens with zero attached hydrogens (tertiary/aromatic N) is 5. The lowest BCUT2D eigenvalue weighted by atomic mass is 10.1. The van der Waals surface area contributed by atoms with Crippen LogP contribution in [0.3, 0.4) is 0 Å². The van der Waals surface area contributed by atoms with Crippen molar-refractivity contribution in [2.24, 2.45) is 5.10 Å².